The van der Waals surface area contributed by atoms with Crippen molar-refractivity contribution in [3.05, 3.63) is 104 Å². The zero-order chi connectivity index (χ0) is 24.0. The Morgan fingerprint density at radius 1 is 1.00 bits per heavy atom. The molecule has 3 aromatic rings. The van der Waals surface area contributed by atoms with Crippen LogP contribution in [-0.4, -0.2) is 28.1 Å². The maximum absolute atomic E-state index is 12.3. The van der Waals surface area contributed by atoms with Crippen LogP contribution in [-0.2, 0) is 23.6 Å². The van der Waals surface area contributed by atoms with Gasteiger partial charge in [-0.25, -0.2) is 9.59 Å². The lowest BCUT2D eigenvalue weighted by Gasteiger charge is -2.04. The van der Waals surface area contributed by atoms with Gasteiger partial charge in [-0.15, -0.1) is 0 Å². The maximum Gasteiger partial charge on any atom is 0.337 e. The van der Waals surface area contributed by atoms with Gasteiger partial charge < -0.3 is 14.6 Å². The highest BCUT2D eigenvalue weighted by molar-refractivity contribution is 6.02. The van der Waals surface area contributed by atoms with E-state index in [1.54, 1.807) is 48.5 Å². The largest absolute Gasteiger partial charge is 0.465 e. The summed E-state index contributed by atoms with van der Waals surface area (Å²) in [7, 11) is 4.22. The first kappa shape index (κ1) is 23.0. The highest BCUT2D eigenvalue weighted by Gasteiger charge is 2.06. The number of anilines is 1. The predicted molar refractivity (Wildman–Crippen MR) is 125 cm³/mol. The van der Waals surface area contributed by atoms with Gasteiger partial charge in [0.15, 0.2) is 0 Å². The highest BCUT2D eigenvalue weighted by atomic mass is 16.5. The van der Waals surface area contributed by atoms with Gasteiger partial charge in [-0.1, -0.05) is 24.0 Å². The summed E-state index contributed by atoms with van der Waals surface area (Å²) in [6.07, 6.45) is 3.95. The monoisotopic (exact) mass is 443 g/mol. The molecule has 1 aromatic heterocycles. The molecule has 0 unspecified atom stereocenters. The molecule has 33 heavy (non-hydrogen) atoms. The van der Waals surface area contributed by atoms with E-state index in [1.807, 2.05) is 0 Å². The summed E-state index contributed by atoms with van der Waals surface area (Å²) in [6.45, 7) is 0. The van der Waals surface area contributed by atoms with Gasteiger partial charge in [0.05, 0.1) is 18.2 Å². The molecule has 0 radical (unpaired) electrons. The van der Waals surface area contributed by atoms with E-state index in [9.17, 15) is 19.2 Å². The Hall–Kier alpha value is -4.64. The number of aryl methyl sites for hydroxylation is 1. The number of nitrogens with one attached hydrogen (secondary N) is 1. The number of carbonyl (C=O) groups is 2. The first-order chi connectivity index (χ1) is 15.8. The van der Waals surface area contributed by atoms with Crippen LogP contribution < -0.4 is 16.6 Å². The molecule has 166 valence electrons. The van der Waals surface area contributed by atoms with Crippen LogP contribution in [0.2, 0.25) is 0 Å². The number of hydrogen-bond acceptors (Lipinski definition) is 5. The summed E-state index contributed by atoms with van der Waals surface area (Å²) < 4.78 is 6.95. The van der Waals surface area contributed by atoms with Crippen molar-refractivity contribution in [2.24, 2.45) is 14.1 Å². The molecule has 0 saturated heterocycles. The molecule has 0 saturated carbocycles. The number of aromatic nitrogens is 2. The van der Waals surface area contributed by atoms with Crippen LogP contribution in [0.1, 0.15) is 27.0 Å². The van der Waals surface area contributed by atoms with Crippen molar-refractivity contribution >= 4 is 23.6 Å². The Morgan fingerprint density at radius 3 is 2.36 bits per heavy atom. The van der Waals surface area contributed by atoms with Gasteiger partial charge in [-0.05, 0) is 42.5 Å². The van der Waals surface area contributed by atoms with Gasteiger partial charge in [-0.3, -0.25) is 14.2 Å². The number of methoxy groups -OCH3 is 1. The van der Waals surface area contributed by atoms with Crippen LogP contribution >= 0.6 is 0 Å². The van der Waals surface area contributed by atoms with Crippen molar-refractivity contribution in [3.63, 3.8) is 0 Å². The molecule has 0 aliphatic carbocycles. The highest BCUT2D eigenvalue weighted by Crippen LogP contribution is 2.11. The minimum absolute atomic E-state index is 0.212. The summed E-state index contributed by atoms with van der Waals surface area (Å²) in [5.74, 6) is 5.09. The number of carbonyl (C=O) groups excluding carboxylic acids is 2. The van der Waals surface area contributed by atoms with Crippen molar-refractivity contribution in [3.8, 4) is 11.8 Å². The van der Waals surface area contributed by atoms with Crippen molar-refractivity contribution in [1.29, 1.82) is 0 Å². The van der Waals surface area contributed by atoms with E-state index >= 15 is 0 Å². The summed E-state index contributed by atoms with van der Waals surface area (Å²) >= 11 is 0. The van der Waals surface area contributed by atoms with Crippen LogP contribution in [0.25, 0.3) is 6.08 Å². The van der Waals surface area contributed by atoms with Gasteiger partial charge in [0.25, 0.3) is 5.56 Å². The molecule has 0 aliphatic rings. The first-order valence-corrected chi connectivity index (χ1v) is 9.84. The number of esters is 1. The van der Waals surface area contributed by atoms with Crippen LogP contribution in [0.15, 0.2) is 70.4 Å². The number of benzene rings is 2. The van der Waals surface area contributed by atoms with E-state index in [4.69, 9.17) is 4.74 Å². The van der Waals surface area contributed by atoms with Crippen molar-refractivity contribution in [2.45, 2.75) is 0 Å². The average Bonchev–Trinajstić information content (AvgIpc) is 2.82. The van der Waals surface area contributed by atoms with E-state index in [1.165, 1.54) is 44.1 Å². The fourth-order valence-electron chi connectivity index (χ4n) is 2.96. The molecule has 0 fully saturated rings. The Balaban J connectivity index is 1.74. The zero-order valence-electron chi connectivity index (χ0n) is 18.3. The van der Waals surface area contributed by atoms with Gasteiger partial charge in [-0.2, -0.15) is 0 Å². The average molecular weight is 443 g/mol. The van der Waals surface area contributed by atoms with Crippen LogP contribution in [0.4, 0.5) is 5.69 Å². The van der Waals surface area contributed by atoms with E-state index in [-0.39, 0.29) is 5.56 Å². The lowest BCUT2D eigenvalue weighted by molar-refractivity contribution is -0.111. The molecule has 1 amide bonds. The quantitative estimate of drug-likeness (QED) is 0.377. The lowest BCUT2D eigenvalue weighted by Crippen LogP contribution is -2.37. The van der Waals surface area contributed by atoms with Gasteiger partial charge in [0, 0.05) is 43.2 Å². The Morgan fingerprint density at radius 2 is 1.67 bits per heavy atom. The standard InChI is InChI=1S/C25H21N3O5/c1-27-16-20(23(30)28(2)25(27)32)12-13-22(29)26-21-9-5-7-18(15-21)11-10-17-6-4-8-19(14-17)24(31)33-3/h4-9,12-16H,1-3H3,(H,26,29). The molecule has 0 atom stereocenters. The fraction of sp³-hybridized carbons (Fsp3) is 0.120. The van der Waals surface area contributed by atoms with E-state index in [2.05, 4.69) is 17.2 Å². The topological polar surface area (TPSA) is 99.4 Å². The normalized spacial score (nSPS) is 10.4. The van der Waals surface area contributed by atoms with Crippen molar-refractivity contribution in [2.75, 3.05) is 12.4 Å². The second-order valence-electron chi connectivity index (χ2n) is 7.07. The number of ether oxygens (including phenoxy) is 1. The molecular formula is C25H21N3O5. The molecule has 0 spiro atoms. The summed E-state index contributed by atoms with van der Waals surface area (Å²) in [6, 6.07) is 13.7. The van der Waals surface area contributed by atoms with Crippen LogP contribution in [0.5, 0.6) is 0 Å². The van der Waals surface area contributed by atoms with Gasteiger partial charge in [0.2, 0.25) is 5.91 Å². The number of rotatable bonds is 4. The number of nitrogens with zero attached hydrogens (tertiary/aromatic N) is 2. The first-order valence-electron chi connectivity index (χ1n) is 9.84. The van der Waals surface area contributed by atoms with E-state index < -0.39 is 23.1 Å². The predicted octanol–water partition coefficient (Wildman–Crippen LogP) is 1.92. The summed E-state index contributed by atoms with van der Waals surface area (Å²) in [5, 5.41) is 2.71. The summed E-state index contributed by atoms with van der Waals surface area (Å²) in [4.78, 5) is 47.8. The third-order valence-electron chi connectivity index (χ3n) is 4.65. The molecule has 1 N–H and O–H groups in total. The van der Waals surface area contributed by atoms with E-state index in [0.29, 0.717) is 22.4 Å². The maximum atomic E-state index is 12.3. The van der Waals surface area contributed by atoms with Crippen molar-refractivity contribution in [1.82, 2.24) is 9.13 Å². The molecule has 2 aromatic carbocycles. The minimum atomic E-state index is -0.490. The molecule has 8 heteroatoms. The van der Waals surface area contributed by atoms with Gasteiger partial charge >= 0.3 is 11.7 Å². The summed E-state index contributed by atoms with van der Waals surface area (Å²) in [5.41, 5.74) is 1.51. The second-order valence-corrected chi connectivity index (χ2v) is 7.07. The van der Waals surface area contributed by atoms with Crippen LogP contribution in [0.3, 0.4) is 0 Å². The molecule has 0 bridgehead atoms. The SMILES string of the molecule is COC(=O)c1cccc(C#Cc2cccc(NC(=O)C=Cc3cn(C)c(=O)n(C)c3=O)c2)c1. The number of amides is 1. The Labute approximate surface area is 189 Å². The molecule has 0 aliphatic heterocycles. The molecule has 3 rings (SSSR count). The molecule has 1 heterocycles. The third kappa shape index (κ3) is 5.74. The van der Waals surface area contributed by atoms with Gasteiger partial charge in [0.1, 0.15) is 0 Å². The Kier molecular flexibility index (Phi) is 7.06. The number of hydrogen-bond donors (Lipinski definition) is 1. The fourth-order valence-corrected chi connectivity index (χ4v) is 2.96. The van der Waals surface area contributed by atoms with Crippen LogP contribution in [0, 0.1) is 11.8 Å². The minimum Gasteiger partial charge on any atom is -0.465 e. The molecular weight excluding hydrogens is 422 g/mol. The van der Waals surface area contributed by atoms with Crippen molar-refractivity contribution < 1.29 is 14.3 Å². The zero-order valence-corrected chi connectivity index (χ0v) is 18.3. The van der Waals surface area contributed by atoms with E-state index in [0.717, 1.165) is 4.57 Å². The third-order valence-corrected chi connectivity index (χ3v) is 4.65. The second kappa shape index (κ2) is 10.1. The smallest absolute Gasteiger partial charge is 0.337 e. The molecule has 8 nitrogen and oxygen atoms in total. The Bertz CT molecular complexity index is 1430. The lowest BCUT2D eigenvalue weighted by atomic mass is 10.1.